The van der Waals surface area contributed by atoms with Crippen LogP contribution in [0.1, 0.15) is 55.6 Å². The molecule has 4 unspecified atom stereocenters. The number of amides is 2. The van der Waals surface area contributed by atoms with Crippen LogP contribution in [0, 0.1) is 0 Å². The van der Waals surface area contributed by atoms with Crippen LogP contribution in [0.5, 0.6) is 11.5 Å². The Morgan fingerprint density at radius 3 is 2.51 bits per heavy atom. The Labute approximate surface area is 308 Å². The van der Waals surface area contributed by atoms with E-state index in [0.29, 0.717) is 38.2 Å². The molecule has 53 heavy (non-hydrogen) atoms. The third kappa shape index (κ3) is 13.2. The van der Waals surface area contributed by atoms with Gasteiger partial charge in [0.2, 0.25) is 5.91 Å². The molecule has 0 radical (unpaired) electrons. The Balaban J connectivity index is 1.47. The van der Waals surface area contributed by atoms with Crippen molar-refractivity contribution in [3.05, 3.63) is 53.6 Å². The fourth-order valence-corrected chi connectivity index (χ4v) is 6.56. The number of fused-ring (bicyclic) bond motifs is 1. The minimum Gasteiger partial charge on any atom is -0.497 e. The van der Waals surface area contributed by atoms with Crippen LogP contribution in [0.4, 0.5) is 10.5 Å². The number of benzene rings is 2. The summed E-state index contributed by atoms with van der Waals surface area (Å²) in [5, 5.41) is 37.2. The van der Waals surface area contributed by atoms with E-state index in [1.54, 1.807) is 26.2 Å². The zero-order valence-corrected chi connectivity index (χ0v) is 30.5. The average Bonchev–Trinajstić information content (AvgIpc) is 3.15. The lowest BCUT2D eigenvalue weighted by atomic mass is 9.82. The molecule has 2 heterocycles. The van der Waals surface area contributed by atoms with Gasteiger partial charge in [0.1, 0.15) is 30.8 Å². The number of anilines is 1. The lowest BCUT2D eigenvalue weighted by molar-refractivity contribution is -0.527. The molecule has 0 saturated carbocycles. The molecule has 18 heteroatoms. The third-order valence-electron chi connectivity index (χ3n) is 9.26. The molecular weight excluding hydrogens is 698 g/mol. The summed E-state index contributed by atoms with van der Waals surface area (Å²) in [6, 6.07) is 13.3. The van der Waals surface area contributed by atoms with Crippen molar-refractivity contribution >= 4 is 17.7 Å². The van der Waals surface area contributed by atoms with E-state index in [4.69, 9.17) is 49.4 Å². The number of rotatable bonds is 21. The molecule has 296 valence electrons. The largest absolute Gasteiger partial charge is 0.497 e. The summed E-state index contributed by atoms with van der Waals surface area (Å²) in [7, 11) is 4.85. The van der Waals surface area contributed by atoms with Gasteiger partial charge in [0.05, 0.1) is 56.0 Å². The van der Waals surface area contributed by atoms with Gasteiger partial charge in [0.25, 0.3) is 0 Å². The molecule has 2 aromatic rings. The Hall–Kier alpha value is -3.82. The molecular formula is C35H53N5O13. The molecule has 2 aliphatic heterocycles. The number of unbranched alkanes of at least 4 members (excludes halogenated alkanes) is 1. The molecule has 18 nitrogen and oxygen atoms in total. The highest BCUT2D eigenvalue weighted by Gasteiger charge is 2.41. The van der Waals surface area contributed by atoms with Crippen LogP contribution in [0.3, 0.4) is 0 Å². The topological polar surface area (TPSA) is 205 Å². The highest BCUT2D eigenvalue weighted by Crippen LogP contribution is 2.38. The molecule has 0 aliphatic carbocycles. The molecule has 5 N–H and O–H groups in total. The molecule has 1 fully saturated rings. The lowest BCUT2D eigenvalue weighted by Gasteiger charge is -2.43. The fraction of sp³-hybridized carbons (Fsp3) is 0.600. The SMILES string of the molecule is CNC(=O)CC1CC(c2ccc(OC)cc2)C(OCc2ccc3c(c2)N(CCCOC)CCO3)CN1C(=O)OCCCCC(CON(O)O)ON(O)O. The predicted octanol–water partition coefficient (Wildman–Crippen LogP) is 3.51. The maximum absolute atomic E-state index is 13.6. The maximum Gasteiger partial charge on any atom is 0.410 e. The van der Waals surface area contributed by atoms with E-state index < -0.39 is 41.7 Å². The molecule has 0 spiro atoms. The highest BCUT2D eigenvalue weighted by molar-refractivity contribution is 5.77. The summed E-state index contributed by atoms with van der Waals surface area (Å²) in [6.45, 7) is 2.94. The average molecular weight is 752 g/mol. The molecule has 1 saturated heterocycles. The van der Waals surface area contributed by atoms with Crippen LogP contribution < -0.4 is 19.7 Å². The summed E-state index contributed by atoms with van der Waals surface area (Å²) in [5.74, 6) is 1.15. The second kappa shape index (κ2) is 21.8. The first-order chi connectivity index (χ1) is 25.6. The fourth-order valence-electron chi connectivity index (χ4n) is 6.56. The number of carbonyl (C=O) groups excluding carboxylic acids is 2. The zero-order valence-electron chi connectivity index (χ0n) is 30.5. The molecule has 4 rings (SSSR count). The van der Waals surface area contributed by atoms with Crippen molar-refractivity contribution in [1.29, 1.82) is 0 Å². The number of carbonyl (C=O) groups is 2. The summed E-state index contributed by atoms with van der Waals surface area (Å²) in [6.07, 6.45) is 0.372. The van der Waals surface area contributed by atoms with Crippen molar-refractivity contribution in [2.75, 3.05) is 72.2 Å². The Morgan fingerprint density at radius 1 is 1.02 bits per heavy atom. The number of methoxy groups -OCH3 is 2. The number of nitrogens with zero attached hydrogens (tertiary/aromatic N) is 4. The van der Waals surface area contributed by atoms with Crippen LogP contribution in [-0.4, -0.2) is 134 Å². The Bertz CT molecular complexity index is 1400. The second-order valence-electron chi connectivity index (χ2n) is 12.8. The van der Waals surface area contributed by atoms with Gasteiger partial charge >= 0.3 is 6.09 Å². The van der Waals surface area contributed by atoms with E-state index in [9.17, 15) is 9.59 Å². The van der Waals surface area contributed by atoms with E-state index in [1.807, 2.05) is 36.4 Å². The smallest absolute Gasteiger partial charge is 0.410 e. The van der Waals surface area contributed by atoms with E-state index in [2.05, 4.69) is 21.1 Å². The minimum atomic E-state index is -0.948. The van der Waals surface area contributed by atoms with Crippen molar-refractivity contribution in [1.82, 2.24) is 21.0 Å². The van der Waals surface area contributed by atoms with Gasteiger partial charge < -0.3 is 38.8 Å². The molecule has 0 bridgehead atoms. The van der Waals surface area contributed by atoms with Gasteiger partial charge in [-0.05, 0) is 67.5 Å². The predicted molar refractivity (Wildman–Crippen MR) is 186 cm³/mol. The van der Waals surface area contributed by atoms with Gasteiger partial charge in [-0.2, -0.15) is 0 Å². The van der Waals surface area contributed by atoms with Gasteiger partial charge in [-0.1, -0.05) is 18.2 Å². The number of hydrogen-bond donors (Lipinski definition) is 5. The molecule has 2 aromatic carbocycles. The van der Waals surface area contributed by atoms with E-state index >= 15 is 0 Å². The van der Waals surface area contributed by atoms with Crippen molar-refractivity contribution < 1.29 is 63.8 Å². The van der Waals surface area contributed by atoms with Crippen LogP contribution in [0.15, 0.2) is 42.5 Å². The summed E-state index contributed by atoms with van der Waals surface area (Å²) < 4.78 is 28.9. The van der Waals surface area contributed by atoms with Crippen molar-refractivity contribution in [3.63, 3.8) is 0 Å². The Morgan fingerprint density at radius 2 is 1.81 bits per heavy atom. The van der Waals surface area contributed by atoms with Crippen molar-refractivity contribution in [3.8, 4) is 11.5 Å². The van der Waals surface area contributed by atoms with Crippen LogP contribution >= 0.6 is 0 Å². The second-order valence-corrected chi connectivity index (χ2v) is 12.8. The number of nitrogens with one attached hydrogen (secondary N) is 1. The molecule has 2 amide bonds. The summed E-state index contributed by atoms with van der Waals surface area (Å²) >= 11 is 0. The molecule has 4 atom stereocenters. The van der Waals surface area contributed by atoms with Gasteiger partial charge in [-0.3, -0.25) is 25.6 Å². The first-order valence-corrected chi connectivity index (χ1v) is 17.7. The van der Waals surface area contributed by atoms with Crippen LogP contribution in [0.2, 0.25) is 0 Å². The summed E-state index contributed by atoms with van der Waals surface area (Å²) in [4.78, 5) is 39.4. The zero-order chi connectivity index (χ0) is 38.2. The molecule has 2 aliphatic rings. The quantitative estimate of drug-likeness (QED) is 0.0915. The van der Waals surface area contributed by atoms with E-state index in [1.165, 1.54) is 0 Å². The van der Waals surface area contributed by atoms with Crippen LogP contribution in [-0.2, 0) is 35.3 Å². The Kier molecular flexibility index (Phi) is 17.2. The maximum atomic E-state index is 13.6. The highest BCUT2D eigenvalue weighted by atomic mass is 17.1. The lowest BCUT2D eigenvalue weighted by Crippen LogP contribution is -2.53. The first-order valence-electron chi connectivity index (χ1n) is 17.7. The number of hydrogen-bond acceptors (Lipinski definition) is 16. The summed E-state index contributed by atoms with van der Waals surface area (Å²) in [5.41, 5.74) is 2.94. The normalized spacial score (nSPS) is 19.2. The number of piperidine rings is 1. The first kappa shape index (κ1) is 41.9. The van der Waals surface area contributed by atoms with Crippen molar-refractivity contribution in [2.24, 2.45) is 0 Å². The van der Waals surface area contributed by atoms with Crippen LogP contribution in [0.25, 0.3) is 0 Å². The van der Waals surface area contributed by atoms with E-state index in [-0.39, 0.29) is 44.4 Å². The minimum absolute atomic E-state index is 0.0230. The van der Waals surface area contributed by atoms with Gasteiger partial charge in [-0.15, -0.1) is 0 Å². The third-order valence-corrected chi connectivity index (χ3v) is 9.26. The standard InChI is InChI=1S/C35H53N5O13/c1-36-34(41)21-27-20-30(26-9-11-28(48-3)12-10-26)33(51-23-25-8-13-32-31(19-25)37(15-18-49-32)14-6-16-47-2)22-38(27)35(42)50-17-5-4-7-29(53-40(45)46)24-52-39(43)44/h8-13,19,27,29-30,33,43-46H,4-7,14-18,20-24H2,1-3H3,(H,36,41). The molecule has 0 aromatic heterocycles. The number of likely N-dealkylation sites (tertiary alicyclic amines) is 1. The van der Waals surface area contributed by atoms with Crippen molar-refractivity contribution in [2.45, 2.75) is 69.3 Å². The van der Waals surface area contributed by atoms with Gasteiger partial charge in [-0.25, -0.2) is 14.5 Å². The van der Waals surface area contributed by atoms with E-state index in [0.717, 1.165) is 42.1 Å². The van der Waals surface area contributed by atoms with Gasteiger partial charge in [0, 0.05) is 45.7 Å². The van der Waals surface area contributed by atoms with Gasteiger partial charge in [0.15, 0.2) is 0 Å². The number of ether oxygens (including phenoxy) is 5. The monoisotopic (exact) mass is 751 g/mol.